The van der Waals surface area contributed by atoms with E-state index in [0.29, 0.717) is 24.1 Å². The van der Waals surface area contributed by atoms with Gasteiger partial charge in [0.25, 0.3) is 0 Å². The number of amides is 2. The van der Waals surface area contributed by atoms with Crippen LogP contribution in [0.4, 0.5) is 15.1 Å². The molecule has 6 nitrogen and oxygen atoms in total. The van der Waals surface area contributed by atoms with Gasteiger partial charge >= 0.3 is 6.03 Å². The summed E-state index contributed by atoms with van der Waals surface area (Å²) in [6.07, 6.45) is 0. The summed E-state index contributed by atoms with van der Waals surface area (Å²) in [4.78, 5) is 16.9. The van der Waals surface area contributed by atoms with Crippen molar-refractivity contribution in [3.8, 4) is 0 Å². The highest BCUT2D eigenvalue weighted by Gasteiger charge is 2.12. The van der Waals surface area contributed by atoms with Crippen LogP contribution in [-0.4, -0.2) is 41.1 Å². The minimum atomic E-state index is -0.537. The maximum Gasteiger partial charge on any atom is 0.316 e. The van der Waals surface area contributed by atoms with Crippen LogP contribution >= 0.6 is 11.6 Å². The summed E-state index contributed by atoms with van der Waals surface area (Å²) >= 11 is 5.76. The fourth-order valence-electron chi connectivity index (χ4n) is 1.81. The lowest BCUT2D eigenvalue weighted by Gasteiger charge is -2.13. The summed E-state index contributed by atoms with van der Waals surface area (Å²) in [5, 5.41) is 2.72. The van der Waals surface area contributed by atoms with E-state index in [0.717, 1.165) is 0 Å². The van der Waals surface area contributed by atoms with Crippen LogP contribution < -0.4 is 11.1 Å². The molecular weight excluding hydrogens is 285 g/mol. The second kappa shape index (κ2) is 5.54. The molecule has 0 bridgehead atoms. The number of carbonyl (C=O) groups is 1. The lowest BCUT2D eigenvalue weighted by molar-refractivity contribution is 0.217. The van der Waals surface area contributed by atoms with Crippen LogP contribution in [0.15, 0.2) is 12.1 Å². The third-order valence-corrected chi connectivity index (χ3v) is 3.13. The molecule has 1 aromatic heterocycles. The van der Waals surface area contributed by atoms with Crippen molar-refractivity contribution < 1.29 is 9.18 Å². The number of rotatable bonds is 3. The Morgan fingerprint density at radius 2 is 2.25 bits per heavy atom. The first kappa shape index (κ1) is 14.4. The van der Waals surface area contributed by atoms with Crippen LogP contribution in [0, 0.1) is 5.82 Å². The number of hydrogen-bond acceptors (Lipinski definition) is 3. The standard InChI is InChI=1S/C12H15ClFN5O/c1-18(2)12(20)16-3-4-19-10-5-7(13)8(14)6-9(10)17-11(19)15/h5-6H,3-4H2,1-2H3,(H2,15,17)(H,16,20). The first-order chi connectivity index (χ1) is 9.40. The molecule has 20 heavy (non-hydrogen) atoms. The molecule has 1 aromatic carbocycles. The minimum absolute atomic E-state index is 0.0102. The van der Waals surface area contributed by atoms with E-state index in [1.54, 1.807) is 18.7 Å². The van der Waals surface area contributed by atoms with Crippen LogP contribution in [-0.2, 0) is 6.54 Å². The average Bonchev–Trinajstić information content (AvgIpc) is 2.66. The number of nitrogens with two attached hydrogens (primary N) is 1. The topological polar surface area (TPSA) is 76.2 Å². The molecule has 0 atom stereocenters. The average molecular weight is 300 g/mol. The van der Waals surface area contributed by atoms with Crippen LogP contribution in [0.5, 0.6) is 0 Å². The number of fused-ring (bicyclic) bond motifs is 1. The van der Waals surface area contributed by atoms with Gasteiger partial charge in [0.2, 0.25) is 5.95 Å². The lowest BCUT2D eigenvalue weighted by Crippen LogP contribution is -2.36. The maximum atomic E-state index is 13.4. The number of nitrogen functional groups attached to an aromatic ring is 1. The van der Waals surface area contributed by atoms with Crippen molar-refractivity contribution in [2.24, 2.45) is 0 Å². The number of aromatic nitrogens is 2. The molecule has 8 heteroatoms. The highest BCUT2D eigenvalue weighted by molar-refractivity contribution is 6.31. The van der Waals surface area contributed by atoms with Gasteiger partial charge in [-0.2, -0.15) is 0 Å². The molecule has 108 valence electrons. The zero-order valence-corrected chi connectivity index (χ0v) is 11.9. The zero-order chi connectivity index (χ0) is 14.9. The first-order valence-electron chi connectivity index (χ1n) is 5.96. The molecule has 0 aliphatic rings. The van der Waals surface area contributed by atoms with Gasteiger partial charge in [0.15, 0.2) is 0 Å². The van der Waals surface area contributed by atoms with Crippen molar-refractivity contribution in [3.63, 3.8) is 0 Å². The first-order valence-corrected chi connectivity index (χ1v) is 6.34. The number of carbonyl (C=O) groups excluding carboxylic acids is 1. The van der Waals surface area contributed by atoms with Gasteiger partial charge in [0, 0.05) is 33.3 Å². The summed E-state index contributed by atoms with van der Waals surface area (Å²) in [5.74, 6) is -0.287. The normalized spacial score (nSPS) is 10.8. The van der Waals surface area contributed by atoms with Crippen molar-refractivity contribution in [1.82, 2.24) is 19.8 Å². The van der Waals surface area contributed by atoms with Gasteiger partial charge in [-0.05, 0) is 6.07 Å². The van der Waals surface area contributed by atoms with Crippen LogP contribution in [0.2, 0.25) is 5.02 Å². The van der Waals surface area contributed by atoms with E-state index in [4.69, 9.17) is 17.3 Å². The Bertz CT molecular complexity index is 655. The van der Waals surface area contributed by atoms with Crippen molar-refractivity contribution in [2.75, 3.05) is 26.4 Å². The number of nitrogens with one attached hydrogen (secondary N) is 1. The van der Waals surface area contributed by atoms with E-state index in [9.17, 15) is 9.18 Å². The zero-order valence-electron chi connectivity index (χ0n) is 11.2. The van der Waals surface area contributed by atoms with Crippen LogP contribution in [0.1, 0.15) is 0 Å². The Hall–Kier alpha value is -2.02. The van der Waals surface area contributed by atoms with Gasteiger partial charge in [0.05, 0.1) is 16.1 Å². The molecule has 0 radical (unpaired) electrons. The Morgan fingerprint density at radius 1 is 1.55 bits per heavy atom. The Labute approximate surface area is 120 Å². The fraction of sp³-hybridized carbons (Fsp3) is 0.333. The second-order valence-electron chi connectivity index (χ2n) is 4.50. The number of urea groups is 1. The number of halogens is 2. The van der Waals surface area contributed by atoms with Gasteiger partial charge in [-0.1, -0.05) is 11.6 Å². The molecule has 2 aromatic rings. The Kier molecular flexibility index (Phi) is 3.99. The largest absolute Gasteiger partial charge is 0.369 e. The summed E-state index contributed by atoms with van der Waals surface area (Å²) in [6.45, 7) is 0.797. The van der Waals surface area contributed by atoms with E-state index in [-0.39, 0.29) is 17.0 Å². The number of anilines is 1. The van der Waals surface area contributed by atoms with Gasteiger partial charge < -0.3 is 20.5 Å². The quantitative estimate of drug-likeness (QED) is 0.905. The number of imidazole rings is 1. The summed E-state index contributed by atoms with van der Waals surface area (Å²) in [6, 6.07) is 2.52. The second-order valence-corrected chi connectivity index (χ2v) is 4.91. The van der Waals surface area contributed by atoms with Crippen molar-refractivity contribution >= 4 is 34.6 Å². The van der Waals surface area contributed by atoms with Crippen molar-refractivity contribution in [1.29, 1.82) is 0 Å². The monoisotopic (exact) mass is 299 g/mol. The maximum absolute atomic E-state index is 13.4. The van der Waals surface area contributed by atoms with Crippen molar-refractivity contribution in [3.05, 3.63) is 23.0 Å². The van der Waals surface area contributed by atoms with Gasteiger partial charge in [-0.3, -0.25) is 0 Å². The summed E-state index contributed by atoms with van der Waals surface area (Å²) < 4.78 is 15.0. The predicted octanol–water partition coefficient (Wildman–Crippen LogP) is 1.68. The third-order valence-electron chi connectivity index (χ3n) is 2.84. The molecule has 0 aliphatic heterocycles. The van der Waals surface area contributed by atoms with E-state index >= 15 is 0 Å². The summed E-state index contributed by atoms with van der Waals surface area (Å²) in [7, 11) is 3.30. The van der Waals surface area contributed by atoms with Gasteiger partial charge in [-0.25, -0.2) is 14.2 Å². The fourth-order valence-corrected chi connectivity index (χ4v) is 1.96. The third kappa shape index (κ3) is 2.77. The van der Waals surface area contributed by atoms with E-state index < -0.39 is 5.82 Å². The molecule has 3 N–H and O–H groups in total. The molecule has 1 heterocycles. The minimum Gasteiger partial charge on any atom is -0.369 e. The summed E-state index contributed by atoms with van der Waals surface area (Å²) in [5.41, 5.74) is 6.86. The smallest absolute Gasteiger partial charge is 0.316 e. The molecule has 0 unspecified atom stereocenters. The van der Waals surface area contributed by atoms with Crippen molar-refractivity contribution in [2.45, 2.75) is 6.54 Å². The van der Waals surface area contributed by atoms with Gasteiger partial charge in [-0.15, -0.1) is 0 Å². The van der Waals surface area contributed by atoms with E-state index in [1.165, 1.54) is 17.0 Å². The van der Waals surface area contributed by atoms with E-state index in [1.807, 2.05) is 0 Å². The van der Waals surface area contributed by atoms with Crippen LogP contribution in [0.3, 0.4) is 0 Å². The Morgan fingerprint density at radius 3 is 2.90 bits per heavy atom. The molecular formula is C12H15ClFN5O. The molecule has 0 saturated heterocycles. The van der Waals surface area contributed by atoms with Gasteiger partial charge in [0.1, 0.15) is 5.82 Å². The highest BCUT2D eigenvalue weighted by Crippen LogP contribution is 2.24. The number of hydrogen-bond donors (Lipinski definition) is 2. The Balaban J connectivity index is 2.19. The molecule has 0 saturated carbocycles. The molecule has 0 spiro atoms. The molecule has 0 fully saturated rings. The predicted molar refractivity (Wildman–Crippen MR) is 76.2 cm³/mol. The van der Waals surface area contributed by atoms with E-state index in [2.05, 4.69) is 10.3 Å². The molecule has 2 rings (SSSR count). The molecule has 0 aliphatic carbocycles. The number of nitrogens with zero attached hydrogens (tertiary/aromatic N) is 3. The lowest BCUT2D eigenvalue weighted by atomic mass is 10.3. The molecule has 2 amide bonds. The number of benzene rings is 1. The highest BCUT2D eigenvalue weighted by atomic mass is 35.5. The SMILES string of the molecule is CN(C)C(=O)NCCn1c(N)nc2cc(F)c(Cl)cc21. The van der Waals surface area contributed by atoms with Crippen LogP contribution in [0.25, 0.3) is 11.0 Å².